The number of quaternary nitrogens is 1. The number of likely N-dealkylation sites (N-methyl/N-ethyl adjacent to an activating group) is 1. The van der Waals surface area contributed by atoms with Crippen molar-refractivity contribution in [3.63, 3.8) is 0 Å². The third kappa shape index (κ3) is 25.1. The predicted octanol–water partition coefficient (Wildman–Crippen LogP) is 4.96. The van der Waals surface area contributed by atoms with Gasteiger partial charge in [0.25, 0.3) is 6.29 Å². The summed E-state index contributed by atoms with van der Waals surface area (Å²) in [6.07, 6.45) is 25.3. The van der Waals surface area contributed by atoms with Crippen LogP contribution < -0.4 is 0 Å². The second-order valence-electron chi connectivity index (χ2n) is 9.83. The summed E-state index contributed by atoms with van der Waals surface area (Å²) in [7, 11) is 5.88. The van der Waals surface area contributed by atoms with Gasteiger partial charge in [-0.1, -0.05) is 67.7 Å². The molecule has 0 saturated heterocycles. The molecule has 0 fully saturated rings. The van der Waals surface area contributed by atoms with Crippen LogP contribution in [0.15, 0.2) is 60.8 Å². The number of carboxylic acid groups (broad SMARTS) is 1. The number of rotatable bonds is 23. The molecule has 2 N–H and O–H groups in total. The van der Waals surface area contributed by atoms with Crippen LogP contribution in [0.2, 0.25) is 0 Å². The fourth-order valence-electron chi connectivity index (χ4n) is 2.87. The summed E-state index contributed by atoms with van der Waals surface area (Å²) in [5.41, 5.74) is 0. The number of aliphatic carboxylic acids is 1. The van der Waals surface area contributed by atoms with E-state index in [-0.39, 0.29) is 26.2 Å². The molecule has 0 bridgehead atoms. The molecule has 8 nitrogen and oxygen atoms in total. The second-order valence-corrected chi connectivity index (χ2v) is 9.83. The van der Waals surface area contributed by atoms with Crippen molar-refractivity contribution in [1.82, 2.24) is 0 Å². The van der Waals surface area contributed by atoms with E-state index in [1.54, 1.807) is 0 Å². The molecular weight excluding hydrogens is 486 g/mol. The number of carboxylic acids is 1. The zero-order valence-corrected chi connectivity index (χ0v) is 23.8. The highest BCUT2D eigenvalue weighted by molar-refractivity contribution is 5.70. The lowest BCUT2D eigenvalue weighted by atomic mass is 10.2. The van der Waals surface area contributed by atoms with Gasteiger partial charge in [0.2, 0.25) is 0 Å². The number of ether oxygens (including phenoxy) is 3. The van der Waals surface area contributed by atoms with Crippen LogP contribution in [-0.4, -0.2) is 86.5 Å². The van der Waals surface area contributed by atoms with Gasteiger partial charge in [-0.15, -0.1) is 0 Å². The van der Waals surface area contributed by atoms with E-state index < -0.39 is 24.3 Å². The SMILES string of the molecule is CC/C=C\C/C=C\C/C=C\C/C=C\C/C=C\CCCC(=O)OCC(O)COC(OCC[N+](C)(C)C)C(=O)O. The minimum atomic E-state index is -1.48. The Labute approximate surface area is 229 Å². The van der Waals surface area contributed by atoms with E-state index in [2.05, 4.69) is 61.6 Å². The summed E-state index contributed by atoms with van der Waals surface area (Å²) in [5, 5.41) is 19.1. The molecule has 0 heterocycles. The summed E-state index contributed by atoms with van der Waals surface area (Å²) in [5.74, 6) is -1.68. The molecule has 0 aliphatic rings. The molecule has 0 aromatic rings. The van der Waals surface area contributed by atoms with E-state index in [4.69, 9.17) is 14.2 Å². The van der Waals surface area contributed by atoms with Crippen molar-refractivity contribution in [1.29, 1.82) is 0 Å². The first-order chi connectivity index (χ1) is 18.2. The van der Waals surface area contributed by atoms with Gasteiger partial charge in [0.15, 0.2) is 0 Å². The molecule has 0 aliphatic carbocycles. The standard InChI is InChI=1S/C30H49NO7/c1-5-6-7-8-9-10-11-12-13-14-15-16-17-18-19-20-21-22-28(33)37-25-27(32)26-38-30(29(34)35)36-24-23-31(2,3)4/h6-7,9-10,12-13,15-16,18-19,27,30,32H,5,8,11,14,17,20-26H2,1-4H3/p+1/b7-6-,10-9-,13-12-,16-15-,19-18-. The summed E-state index contributed by atoms with van der Waals surface area (Å²) in [4.78, 5) is 23.1. The predicted molar refractivity (Wildman–Crippen MR) is 152 cm³/mol. The molecule has 0 aliphatic heterocycles. The van der Waals surface area contributed by atoms with Gasteiger partial charge in [-0.05, 0) is 44.9 Å². The first-order valence-corrected chi connectivity index (χ1v) is 13.5. The molecule has 0 radical (unpaired) electrons. The largest absolute Gasteiger partial charge is 0.477 e. The van der Waals surface area contributed by atoms with Gasteiger partial charge in [-0.25, -0.2) is 4.79 Å². The zero-order chi connectivity index (χ0) is 28.5. The van der Waals surface area contributed by atoms with Crippen molar-refractivity contribution in [2.75, 3.05) is 47.5 Å². The maximum absolute atomic E-state index is 11.8. The quantitative estimate of drug-likeness (QED) is 0.0625. The number of nitrogens with zero attached hydrogens (tertiary/aromatic N) is 1. The molecular formula is C30H50NO7+. The van der Waals surface area contributed by atoms with Crippen molar-refractivity contribution in [2.24, 2.45) is 0 Å². The number of hydrogen-bond donors (Lipinski definition) is 2. The van der Waals surface area contributed by atoms with Gasteiger partial charge in [-0.3, -0.25) is 4.79 Å². The molecule has 2 atom stereocenters. The van der Waals surface area contributed by atoms with Crippen LogP contribution in [0.4, 0.5) is 0 Å². The maximum Gasteiger partial charge on any atom is 0.361 e. The lowest BCUT2D eigenvalue weighted by Gasteiger charge is -2.24. The fourth-order valence-corrected chi connectivity index (χ4v) is 2.87. The van der Waals surface area contributed by atoms with E-state index in [1.165, 1.54) is 0 Å². The number of esters is 1. The highest BCUT2D eigenvalue weighted by Gasteiger charge is 2.22. The zero-order valence-electron chi connectivity index (χ0n) is 23.8. The molecule has 0 spiro atoms. The van der Waals surface area contributed by atoms with Crippen molar-refractivity contribution < 1.29 is 38.5 Å². The van der Waals surface area contributed by atoms with Crippen LogP contribution in [-0.2, 0) is 23.8 Å². The van der Waals surface area contributed by atoms with Crippen molar-refractivity contribution >= 4 is 11.9 Å². The van der Waals surface area contributed by atoms with Gasteiger partial charge >= 0.3 is 11.9 Å². The number of hydrogen-bond acceptors (Lipinski definition) is 6. The molecule has 0 aromatic carbocycles. The number of aliphatic hydroxyl groups is 1. The fraction of sp³-hybridized carbons (Fsp3) is 0.600. The number of carbonyl (C=O) groups excluding carboxylic acids is 1. The summed E-state index contributed by atoms with van der Waals surface area (Å²) < 4.78 is 16.0. The highest BCUT2D eigenvalue weighted by atomic mass is 16.7. The molecule has 2 unspecified atom stereocenters. The van der Waals surface area contributed by atoms with Gasteiger partial charge < -0.3 is 28.9 Å². The van der Waals surface area contributed by atoms with Gasteiger partial charge in [0.05, 0.1) is 34.4 Å². The monoisotopic (exact) mass is 536 g/mol. The van der Waals surface area contributed by atoms with Crippen LogP contribution in [0.25, 0.3) is 0 Å². The van der Waals surface area contributed by atoms with Crippen molar-refractivity contribution in [2.45, 2.75) is 70.7 Å². The van der Waals surface area contributed by atoms with Crippen LogP contribution in [0.5, 0.6) is 0 Å². The van der Waals surface area contributed by atoms with E-state index in [0.29, 0.717) is 17.4 Å². The Morgan fingerprint density at radius 2 is 1.32 bits per heavy atom. The summed E-state index contributed by atoms with van der Waals surface area (Å²) >= 11 is 0. The first kappa shape index (κ1) is 35.5. The molecule has 216 valence electrons. The number of carbonyl (C=O) groups is 2. The Hall–Kier alpha value is -2.52. The highest BCUT2D eigenvalue weighted by Crippen LogP contribution is 2.03. The molecule has 0 saturated carbocycles. The number of allylic oxidation sites excluding steroid dienone is 10. The van der Waals surface area contributed by atoms with E-state index in [0.717, 1.165) is 38.5 Å². The van der Waals surface area contributed by atoms with Crippen molar-refractivity contribution in [3.05, 3.63) is 60.8 Å². The van der Waals surface area contributed by atoms with Crippen LogP contribution in [0.3, 0.4) is 0 Å². The Balaban J connectivity index is 3.84. The smallest absolute Gasteiger partial charge is 0.361 e. The Bertz CT molecular complexity index is 763. The van der Waals surface area contributed by atoms with Crippen LogP contribution in [0.1, 0.15) is 58.3 Å². The number of aliphatic hydroxyl groups excluding tert-OH is 1. The maximum atomic E-state index is 11.8. The topological polar surface area (TPSA) is 102 Å². The van der Waals surface area contributed by atoms with Gasteiger partial charge in [-0.2, -0.15) is 0 Å². The van der Waals surface area contributed by atoms with Crippen molar-refractivity contribution in [3.8, 4) is 0 Å². The third-order valence-corrected chi connectivity index (χ3v) is 5.02. The second kappa shape index (κ2) is 23.6. The summed E-state index contributed by atoms with van der Waals surface area (Å²) in [6, 6.07) is 0. The lowest BCUT2D eigenvalue weighted by molar-refractivity contribution is -0.870. The van der Waals surface area contributed by atoms with Gasteiger partial charge in [0, 0.05) is 6.42 Å². The molecule has 0 aromatic heterocycles. The molecule has 0 rings (SSSR count). The minimum absolute atomic E-state index is 0.198. The van der Waals surface area contributed by atoms with Crippen LogP contribution in [0, 0.1) is 0 Å². The first-order valence-electron chi connectivity index (χ1n) is 13.5. The Morgan fingerprint density at radius 1 is 0.789 bits per heavy atom. The van der Waals surface area contributed by atoms with Crippen LogP contribution >= 0.6 is 0 Å². The minimum Gasteiger partial charge on any atom is -0.477 e. The normalized spacial score (nSPS) is 14.4. The van der Waals surface area contributed by atoms with E-state index in [1.807, 2.05) is 27.2 Å². The average molecular weight is 537 g/mol. The average Bonchev–Trinajstić information content (AvgIpc) is 2.85. The third-order valence-electron chi connectivity index (χ3n) is 5.02. The number of unbranched alkanes of at least 4 members (excludes halogenated alkanes) is 1. The molecule has 0 amide bonds. The Kier molecular flexibility index (Phi) is 22.0. The summed E-state index contributed by atoms with van der Waals surface area (Å²) in [6.45, 7) is 2.37. The lowest BCUT2D eigenvalue weighted by Crippen LogP contribution is -2.40. The molecule has 38 heavy (non-hydrogen) atoms. The Morgan fingerprint density at radius 3 is 1.82 bits per heavy atom. The molecule has 8 heteroatoms. The van der Waals surface area contributed by atoms with E-state index >= 15 is 0 Å². The van der Waals surface area contributed by atoms with Gasteiger partial charge in [0.1, 0.15) is 19.3 Å². The van der Waals surface area contributed by atoms with E-state index in [9.17, 15) is 19.8 Å².